The molecule has 0 aromatic heterocycles. The molecule has 0 unspecified atom stereocenters. The Bertz CT molecular complexity index is 265. The highest BCUT2D eigenvalue weighted by atomic mass is 16.4. The summed E-state index contributed by atoms with van der Waals surface area (Å²) in [7, 11) is 0. The molecule has 15 heavy (non-hydrogen) atoms. The number of carboxylic acid groups (broad SMARTS) is 1. The number of rotatable bonds is 4. The summed E-state index contributed by atoms with van der Waals surface area (Å²) in [6.07, 6.45) is 3.03. The third kappa shape index (κ3) is 3.53. The van der Waals surface area contributed by atoms with Crippen molar-refractivity contribution in [2.45, 2.75) is 39.5 Å². The molecule has 1 amide bonds. The van der Waals surface area contributed by atoms with Gasteiger partial charge in [-0.3, -0.25) is 9.59 Å². The standard InChI is InChI=1S/C11H19NO3/c1-8-3-4-11(5-8,6-10(14)15)7-12-9(2)13/h8H,3-7H2,1-2H3,(H,12,13)(H,14,15)/t8-,11+/m1/s1. The van der Waals surface area contributed by atoms with Crippen LogP contribution in [0.1, 0.15) is 39.5 Å². The smallest absolute Gasteiger partial charge is 0.303 e. The number of aliphatic carboxylic acids is 1. The van der Waals surface area contributed by atoms with E-state index < -0.39 is 5.97 Å². The van der Waals surface area contributed by atoms with Gasteiger partial charge in [-0.05, 0) is 24.2 Å². The van der Waals surface area contributed by atoms with E-state index in [9.17, 15) is 9.59 Å². The van der Waals surface area contributed by atoms with E-state index in [-0.39, 0.29) is 17.7 Å². The van der Waals surface area contributed by atoms with Gasteiger partial charge in [0.1, 0.15) is 0 Å². The van der Waals surface area contributed by atoms with Crippen molar-refractivity contribution >= 4 is 11.9 Å². The van der Waals surface area contributed by atoms with Gasteiger partial charge in [-0.1, -0.05) is 13.3 Å². The fourth-order valence-corrected chi connectivity index (χ4v) is 2.51. The molecule has 1 aliphatic rings. The van der Waals surface area contributed by atoms with Crippen molar-refractivity contribution in [3.63, 3.8) is 0 Å². The molecule has 4 nitrogen and oxygen atoms in total. The molecular weight excluding hydrogens is 194 g/mol. The zero-order valence-electron chi connectivity index (χ0n) is 9.38. The molecule has 0 heterocycles. The summed E-state index contributed by atoms with van der Waals surface area (Å²) < 4.78 is 0. The molecule has 1 saturated carbocycles. The molecule has 86 valence electrons. The topological polar surface area (TPSA) is 66.4 Å². The second kappa shape index (κ2) is 4.64. The van der Waals surface area contributed by atoms with Crippen LogP contribution in [0.2, 0.25) is 0 Å². The van der Waals surface area contributed by atoms with E-state index in [4.69, 9.17) is 5.11 Å². The Morgan fingerprint density at radius 1 is 1.53 bits per heavy atom. The monoisotopic (exact) mass is 213 g/mol. The van der Waals surface area contributed by atoms with Crippen LogP contribution in [0, 0.1) is 11.3 Å². The summed E-state index contributed by atoms with van der Waals surface area (Å²) in [5.74, 6) is -0.285. The largest absolute Gasteiger partial charge is 0.481 e. The maximum absolute atomic E-state index is 10.9. The molecule has 1 fully saturated rings. The number of hydrogen-bond acceptors (Lipinski definition) is 2. The van der Waals surface area contributed by atoms with Crippen LogP contribution in [0.15, 0.2) is 0 Å². The van der Waals surface area contributed by atoms with Gasteiger partial charge < -0.3 is 10.4 Å². The second-order valence-electron chi connectivity index (χ2n) is 4.83. The Hall–Kier alpha value is -1.06. The van der Waals surface area contributed by atoms with Crippen LogP contribution in [0.4, 0.5) is 0 Å². The normalized spacial score (nSPS) is 30.1. The number of amides is 1. The molecule has 1 rings (SSSR count). The summed E-state index contributed by atoms with van der Waals surface area (Å²) in [6, 6.07) is 0. The van der Waals surface area contributed by atoms with Crippen LogP contribution in [0.5, 0.6) is 0 Å². The van der Waals surface area contributed by atoms with Gasteiger partial charge in [0.05, 0.1) is 6.42 Å². The lowest BCUT2D eigenvalue weighted by molar-refractivity contribution is -0.140. The van der Waals surface area contributed by atoms with Crippen LogP contribution in [0.3, 0.4) is 0 Å². The van der Waals surface area contributed by atoms with Gasteiger partial charge in [-0.15, -0.1) is 0 Å². The Labute approximate surface area is 90.0 Å². The highest BCUT2D eigenvalue weighted by molar-refractivity contribution is 5.73. The molecule has 0 radical (unpaired) electrons. The van der Waals surface area contributed by atoms with E-state index >= 15 is 0 Å². The quantitative estimate of drug-likeness (QED) is 0.742. The van der Waals surface area contributed by atoms with Crippen LogP contribution >= 0.6 is 0 Å². The van der Waals surface area contributed by atoms with Gasteiger partial charge in [-0.25, -0.2) is 0 Å². The van der Waals surface area contributed by atoms with Crippen molar-refractivity contribution in [1.82, 2.24) is 5.32 Å². The summed E-state index contributed by atoms with van der Waals surface area (Å²) in [5.41, 5.74) is -0.211. The van der Waals surface area contributed by atoms with Gasteiger partial charge in [0, 0.05) is 13.5 Å². The minimum Gasteiger partial charge on any atom is -0.481 e. The van der Waals surface area contributed by atoms with Crippen molar-refractivity contribution in [3.8, 4) is 0 Å². The van der Waals surface area contributed by atoms with Crippen molar-refractivity contribution in [1.29, 1.82) is 0 Å². The van der Waals surface area contributed by atoms with Crippen LogP contribution in [0.25, 0.3) is 0 Å². The van der Waals surface area contributed by atoms with E-state index in [2.05, 4.69) is 12.2 Å². The molecule has 0 bridgehead atoms. The van der Waals surface area contributed by atoms with Gasteiger partial charge in [0.25, 0.3) is 0 Å². The number of carboxylic acids is 1. The average Bonchev–Trinajstić information content (AvgIpc) is 2.44. The first-order valence-electron chi connectivity index (χ1n) is 5.40. The minimum absolute atomic E-state index is 0.0840. The van der Waals surface area contributed by atoms with Gasteiger partial charge in [0.15, 0.2) is 0 Å². The zero-order chi connectivity index (χ0) is 11.5. The zero-order valence-corrected chi connectivity index (χ0v) is 9.38. The molecule has 2 N–H and O–H groups in total. The molecule has 2 atom stereocenters. The first kappa shape index (κ1) is 12.0. The Morgan fingerprint density at radius 3 is 2.60 bits per heavy atom. The first-order chi connectivity index (χ1) is 6.93. The number of hydrogen-bond donors (Lipinski definition) is 2. The lowest BCUT2D eigenvalue weighted by Crippen LogP contribution is -2.36. The number of carbonyl (C=O) groups excluding carboxylic acids is 1. The fraction of sp³-hybridized carbons (Fsp3) is 0.818. The van der Waals surface area contributed by atoms with Gasteiger partial charge in [-0.2, -0.15) is 0 Å². The summed E-state index contributed by atoms with van der Waals surface area (Å²) in [6.45, 7) is 4.10. The summed E-state index contributed by atoms with van der Waals surface area (Å²) >= 11 is 0. The average molecular weight is 213 g/mol. The second-order valence-corrected chi connectivity index (χ2v) is 4.83. The van der Waals surface area contributed by atoms with Gasteiger partial charge >= 0.3 is 5.97 Å². The molecule has 0 saturated heterocycles. The lowest BCUT2D eigenvalue weighted by atomic mass is 9.82. The van der Waals surface area contributed by atoms with Crippen molar-refractivity contribution in [3.05, 3.63) is 0 Å². The third-order valence-corrected chi connectivity index (χ3v) is 3.19. The first-order valence-corrected chi connectivity index (χ1v) is 5.40. The van der Waals surface area contributed by atoms with Crippen LogP contribution in [-0.4, -0.2) is 23.5 Å². The molecule has 0 aromatic rings. The highest BCUT2D eigenvalue weighted by Gasteiger charge is 2.39. The molecule has 0 aromatic carbocycles. The fourth-order valence-electron chi connectivity index (χ4n) is 2.51. The maximum Gasteiger partial charge on any atom is 0.303 e. The summed E-state index contributed by atoms with van der Waals surface area (Å²) in [4.78, 5) is 21.7. The lowest BCUT2D eigenvalue weighted by Gasteiger charge is -2.27. The molecule has 0 aliphatic heterocycles. The Morgan fingerprint density at radius 2 is 2.20 bits per heavy atom. The Kier molecular flexibility index (Phi) is 3.72. The van der Waals surface area contributed by atoms with E-state index in [0.717, 1.165) is 19.3 Å². The highest BCUT2D eigenvalue weighted by Crippen LogP contribution is 2.43. The number of carbonyl (C=O) groups is 2. The minimum atomic E-state index is -0.769. The summed E-state index contributed by atoms with van der Waals surface area (Å²) in [5, 5.41) is 11.6. The van der Waals surface area contributed by atoms with E-state index in [0.29, 0.717) is 12.5 Å². The maximum atomic E-state index is 10.9. The molecule has 0 spiro atoms. The van der Waals surface area contributed by atoms with E-state index in [1.807, 2.05) is 0 Å². The van der Waals surface area contributed by atoms with Gasteiger partial charge in [0.2, 0.25) is 5.91 Å². The van der Waals surface area contributed by atoms with Crippen LogP contribution in [-0.2, 0) is 9.59 Å². The molecule has 4 heteroatoms. The van der Waals surface area contributed by atoms with E-state index in [1.54, 1.807) is 0 Å². The third-order valence-electron chi connectivity index (χ3n) is 3.19. The predicted molar refractivity (Wildman–Crippen MR) is 56.4 cm³/mol. The van der Waals surface area contributed by atoms with Crippen molar-refractivity contribution in [2.24, 2.45) is 11.3 Å². The van der Waals surface area contributed by atoms with Crippen LogP contribution < -0.4 is 5.32 Å². The van der Waals surface area contributed by atoms with Crippen molar-refractivity contribution in [2.75, 3.05) is 6.54 Å². The SMILES string of the molecule is CC(=O)NC[C@@]1(CC(=O)O)CC[C@@H](C)C1. The van der Waals surface area contributed by atoms with E-state index in [1.165, 1.54) is 6.92 Å². The Balaban J connectivity index is 2.60. The number of nitrogens with one attached hydrogen (secondary N) is 1. The predicted octanol–water partition coefficient (Wildman–Crippen LogP) is 1.40. The molecular formula is C11H19NO3. The molecule has 1 aliphatic carbocycles. The van der Waals surface area contributed by atoms with Crippen molar-refractivity contribution < 1.29 is 14.7 Å².